The third-order valence-corrected chi connectivity index (χ3v) is 5.04. The molecule has 0 amide bonds. The summed E-state index contributed by atoms with van der Waals surface area (Å²) in [4.78, 5) is 15.9. The molecule has 0 saturated heterocycles. The minimum atomic E-state index is 0.185. The first-order valence-electron chi connectivity index (χ1n) is 11.5. The molecule has 2 aromatic rings. The minimum absolute atomic E-state index is 0.185. The zero-order chi connectivity index (χ0) is 22.6. The van der Waals surface area contributed by atoms with Crippen LogP contribution in [0, 0.1) is 0 Å². The lowest BCUT2D eigenvalue weighted by molar-refractivity contribution is 0.307. The molecule has 1 aliphatic carbocycles. The first-order valence-corrected chi connectivity index (χ1v) is 11.5. The van der Waals surface area contributed by atoms with Crippen molar-refractivity contribution in [3.05, 3.63) is 65.8 Å². The van der Waals surface area contributed by atoms with Crippen molar-refractivity contribution in [2.45, 2.75) is 52.5 Å². The van der Waals surface area contributed by atoms with Crippen LogP contribution in [0.3, 0.4) is 0 Å². The average molecular weight is 435 g/mol. The van der Waals surface area contributed by atoms with Crippen molar-refractivity contribution < 1.29 is 4.74 Å². The summed E-state index contributed by atoms with van der Waals surface area (Å²) in [5.74, 6) is 1.96. The van der Waals surface area contributed by atoms with E-state index in [1.54, 1.807) is 12.4 Å². The Morgan fingerprint density at radius 2 is 2.06 bits per heavy atom. The molecule has 7 heteroatoms. The lowest BCUT2D eigenvalue weighted by Gasteiger charge is -2.23. The Hall–Kier alpha value is -3.22. The highest BCUT2D eigenvalue weighted by Crippen LogP contribution is 2.19. The molecule has 1 atom stereocenters. The van der Waals surface area contributed by atoms with Crippen molar-refractivity contribution in [2.75, 3.05) is 24.6 Å². The van der Waals surface area contributed by atoms with Crippen LogP contribution >= 0.6 is 0 Å². The predicted molar refractivity (Wildman–Crippen MR) is 130 cm³/mol. The zero-order valence-corrected chi connectivity index (χ0v) is 19.4. The van der Waals surface area contributed by atoms with Gasteiger partial charge in [-0.15, -0.1) is 0 Å². The van der Waals surface area contributed by atoms with Crippen molar-refractivity contribution in [1.82, 2.24) is 20.4 Å². The summed E-state index contributed by atoms with van der Waals surface area (Å²) < 4.78 is 5.99. The Kier molecular flexibility index (Phi) is 9.22. The molecule has 0 fully saturated rings. The molecule has 0 spiro atoms. The maximum Gasteiger partial charge on any atom is 0.219 e. The standard InChI is InChI=1S/C25H34N6O/c1-4-14-31(15-5-2)24-18-25(32-16-12-21-10-6-7-13-26-21)29-23(28-24)19-27-30-22-11-8-9-20(3)17-22/h6-11,13,18-19,22,30H,4-5,12,14-17H2,1-3H3/b27-19+. The fourth-order valence-corrected chi connectivity index (χ4v) is 3.53. The molecular weight excluding hydrogens is 400 g/mol. The Labute approximate surface area is 191 Å². The molecule has 2 aromatic heterocycles. The molecule has 0 bridgehead atoms. The van der Waals surface area contributed by atoms with Gasteiger partial charge in [-0.1, -0.05) is 43.7 Å². The molecule has 170 valence electrons. The Morgan fingerprint density at radius 3 is 2.78 bits per heavy atom. The highest BCUT2D eigenvalue weighted by Gasteiger charge is 2.12. The van der Waals surface area contributed by atoms with Gasteiger partial charge in [0.05, 0.1) is 18.9 Å². The van der Waals surface area contributed by atoms with Crippen LogP contribution < -0.4 is 15.1 Å². The van der Waals surface area contributed by atoms with E-state index in [1.807, 2.05) is 24.3 Å². The normalized spacial score (nSPS) is 15.6. The molecule has 7 nitrogen and oxygen atoms in total. The Balaban J connectivity index is 1.72. The van der Waals surface area contributed by atoms with Crippen LogP contribution in [0.5, 0.6) is 5.88 Å². The monoisotopic (exact) mass is 434 g/mol. The van der Waals surface area contributed by atoms with Gasteiger partial charge < -0.3 is 15.1 Å². The van der Waals surface area contributed by atoms with Gasteiger partial charge in [-0.3, -0.25) is 4.98 Å². The van der Waals surface area contributed by atoms with Crippen LogP contribution in [0.2, 0.25) is 0 Å². The first-order chi connectivity index (χ1) is 15.7. The fourth-order valence-electron chi connectivity index (χ4n) is 3.53. The highest BCUT2D eigenvalue weighted by atomic mass is 16.5. The van der Waals surface area contributed by atoms with E-state index in [-0.39, 0.29) is 6.04 Å². The van der Waals surface area contributed by atoms with Gasteiger partial charge in [-0.2, -0.15) is 10.1 Å². The van der Waals surface area contributed by atoms with Crippen LogP contribution in [0.1, 0.15) is 51.6 Å². The number of hydrogen-bond acceptors (Lipinski definition) is 7. The second-order valence-electron chi connectivity index (χ2n) is 7.92. The first kappa shape index (κ1) is 23.4. The van der Waals surface area contributed by atoms with Gasteiger partial charge in [0.25, 0.3) is 0 Å². The molecule has 32 heavy (non-hydrogen) atoms. The van der Waals surface area contributed by atoms with E-state index in [0.717, 1.165) is 50.3 Å². The maximum absolute atomic E-state index is 5.99. The van der Waals surface area contributed by atoms with E-state index in [0.29, 0.717) is 18.3 Å². The summed E-state index contributed by atoms with van der Waals surface area (Å²) in [5.41, 5.74) is 5.51. The molecular formula is C25H34N6O. The third-order valence-electron chi connectivity index (χ3n) is 5.04. The van der Waals surface area contributed by atoms with Gasteiger partial charge in [0.15, 0.2) is 5.82 Å². The quantitative estimate of drug-likeness (QED) is 0.396. The Bertz CT molecular complexity index is 919. The second-order valence-corrected chi connectivity index (χ2v) is 7.92. The SMILES string of the molecule is CCCN(CCC)c1cc(OCCc2ccccn2)nc(/C=N/NC2C=CC=C(C)C2)n1. The van der Waals surface area contributed by atoms with Gasteiger partial charge in [-0.25, -0.2) is 4.98 Å². The van der Waals surface area contributed by atoms with E-state index < -0.39 is 0 Å². The summed E-state index contributed by atoms with van der Waals surface area (Å²) in [6, 6.07) is 8.01. The molecule has 0 aromatic carbocycles. The van der Waals surface area contributed by atoms with Crippen LogP contribution in [0.15, 0.2) is 59.4 Å². The topological polar surface area (TPSA) is 75.5 Å². The molecule has 0 aliphatic heterocycles. The number of hydrazone groups is 1. The second kappa shape index (κ2) is 12.6. The largest absolute Gasteiger partial charge is 0.477 e. The third kappa shape index (κ3) is 7.48. The maximum atomic E-state index is 5.99. The van der Waals surface area contributed by atoms with E-state index in [1.165, 1.54) is 5.57 Å². The summed E-state index contributed by atoms with van der Waals surface area (Å²) >= 11 is 0. The number of anilines is 1. The molecule has 1 aliphatic rings. The van der Waals surface area contributed by atoms with Gasteiger partial charge in [-0.05, 0) is 38.3 Å². The van der Waals surface area contributed by atoms with Crippen molar-refractivity contribution >= 4 is 12.0 Å². The summed E-state index contributed by atoms with van der Waals surface area (Å²) in [6.07, 6.45) is 13.5. The summed E-state index contributed by atoms with van der Waals surface area (Å²) in [5, 5.41) is 4.40. The number of rotatable bonds is 12. The molecule has 0 saturated carbocycles. The van der Waals surface area contributed by atoms with Gasteiger partial charge in [0.1, 0.15) is 5.82 Å². The number of hydrogen-bond donors (Lipinski definition) is 1. The van der Waals surface area contributed by atoms with Crippen LogP contribution in [0.4, 0.5) is 5.82 Å². The van der Waals surface area contributed by atoms with Crippen LogP contribution in [0.25, 0.3) is 0 Å². The Morgan fingerprint density at radius 1 is 1.22 bits per heavy atom. The number of nitrogens with one attached hydrogen (secondary N) is 1. The highest BCUT2D eigenvalue weighted by molar-refractivity contribution is 5.75. The lowest BCUT2D eigenvalue weighted by atomic mass is 10.0. The fraction of sp³-hybridized carbons (Fsp3) is 0.440. The zero-order valence-electron chi connectivity index (χ0n) is 19.4. The molecule has 1 N–H and O–H groups in total. The molecule has 3 rings (SSSR count). The molecule has 1 unspecified atom stereocenters. The van der Waals surface area contributed by atoms with Crippen molar-refractivity contribution in [1.29, 1.82) is 0 Å². The summed E-state index contributed by atoms with van der Waals surface area (Å²) in [6.45, 7) is 8.85. The molecule has 0 radical (unpaired) electrons. The number of aromatic nitrogens is 3. The molecule has 2 heterocycles. The number of pyridine rings is 1. The van der Waals surface area contributed by atoms with E-state index >= 15 is 0 Å². The van der Waals surface area contributed by atoms with E-state index in [4.69, 9.17) is 9.72 Å². The van der Waals surface area contributed by atoms with E-state index in [2.05, 4.69) is 64.4 Å². The average Bonchev–Trinajstić information content (AvgIpc) is 2.80. The van der Waals surface area contributed by atoms with E-state index in [9.17, 15) is 0 Å². The number of allylic oxidation sites excluding steroid dienone is 2. The van der Waals surface area contributed by atoms with Gasteiger partial charge in [0.2, 0.25) is 5.88 Å². The number of nitrogens with zero attached hydrogens (tertiary/aromatic N) is 5. The van der Waals surface area contributed by atoms with Crippen molar-refractivity contribution in [3.8, 4) is 5.88 Å². The van der Waals surface area contributed by atoms with Gasteiger partial charge in [0, 0.05) is 37.5 Å². The smallest absolute Gasteiger partial charge is 0.219 e. The minimum Gasteiger partial charge on any atom is -0.477 e. The van der Waals surface area contributed by atoms with Crippen molar-refractivity contribution in [2.24, 2.45) is 5.10 Å². The predicted octanol–water partition coefficient (Wildman–Crippen LogP) is 4.32. The van der Waals surface area contributed by atoms with Crippen molar-refractivity contribution in [3.63, 3.8) is 0 Å². The van der Waals surface area contributed by atoms with Gasteiger partial charge >= 0.3 is 0 Å². The lowest BCUT2D eigenvalue weighted by Crippen LogP contribution is -2.27. The van der Waals surface area contributed by atoms with Crippen LogP contribution in [-0.4, -0.2) is 46.9 Å². The van der Waals surface area contributed by atoms with Crippen LogP contribution in [-0.2, 0) is 6.42 Å². The summed E-state index contributed by atoms with van der Waals surface area (Å²) in [7, 11) is 0. The number of ether oxygens (including phenoxy) is 1.